The van der Waals surface area contributed by atoms with E-state index in [1.165, 1.54) is 58.9 Å². The number of nitrogens with zero attached hydrogens (tertiary/aromatic N) is 8. The topological polar surface area (TPSA) is 228 Å². The van der Waals surface area contributed by atoms with Gasteiger partial charge in [-0.05, 0) is 49.2 Å². The Kier molecular flexibility index (Phi) is 15.9. The van der Waals surface area contributed by atoms with Gasteiger partial charge in [0.2, 0.25) is 0 Å². The van der Waals surface area contributed by atoms with Crippen LogP contribution in [0.5, 0.6) is 0 Å². The highest BCUT2D eigenvalue weighted by atomic mass is 35.5. The number of hydrogen-bond acceptors (Lipinski definition) is 12. The molecule has 386 valence electrons. The number of rotatable bonds is 10. The zero-order valence-corrected chi connectivity index (χ0v) is 41.3. The third-order valence-electron chi connectivity index (χ3n) is 11.8. The molecule has 2 N–H and O–H groups in total. The van der Waals surface area contributed by atoms with E-state index in [0.717, 1.165) is 16.2 Å². The molecule has 2 aromatic carbocycles. The Hall–Kier alpha value is -5.61. The lowest BCUT2D eigenvalue weighted by molar-refractivity contribution is -0.148. The second-order valence-electron chi connectivity index (χ2n) is 17.0. The second kappa shape index (κ2) is 21.2. The van der Waals surface area contributed by atoms with E-state index in [2.05, 4.69) is 20.8 Å². The van der Waals surface area contributed by atoms with Crippen LogP contribution < -0.4 is 10.6 Å². The number of benzene rings is 2. The molecular weight excluding hydrogens is 1030 g/mol. The fourth-order valence-corrected chi connectivity index (χ4v) is 10.7. The number of hydrogen-bond donors (Lipinski definition) is 2. The van der Waals surface area contributed by atoms with Crippen LogP contribution in [0.4, 0.5) is 42.9 Å². The van der Waals surface area contributed by atoms with Crippen LogP contribution in [0.25, 0.3) is 0 Å². The van der Waals surface area contributed by atoms with Crippen molar-refractivity contribution in [2.45, 2.75) is 77.2 Å². The average molecular weight is 1080 g/mol. The number of urea groups is 2. The summed E-state index contributed by atoms with van der Waals surface area (Å²) in [5.74, 6) is -4.96. The minimum Gasteiger partial charge on any atom is -0.320 e. The van der Waals surface area contributed by atoms with Crippen LogP contribution in [0.15, 0.2) is 36.4 Å². The van der Waals surface area contributed by atoms with Crippen molar-refractivity contribution >= 4 is 78.1 Å². The molecule has 0 aliphatic carbocycles. The zero-order chi connectivity index (χ0) is 51.7. The molecule has 0 spiro atoms. The van der Waals surface area contributed by atoms with Gasteiger partial charge in [0.1, 0.15) is 50.8 Å². The summed E-state index contributed by atoms with van der Waals surface area (Å²) in [6.45, 7) is 2.56. The van der Waals surface area contributed by atoms with E-state index in [1.54, 1.807) is 11.6 Å². The number of alkyl halides is 3. The first-order valence-electron chi connectivity index (χ1n) is 21.9. The molecule has 2 unspecified atom stereocenters. The van der Waals surface area contributed by atoms with Gasteiger partial charge in [-0.3, -0.25) is 28.6 Å². The van der Waals surface area contributed by atoms with Crippen molar-refractivity contribution in [3.8, 4) is 0 Å². The highest BCUT2D eigenvalue weighted by Gasteiger charge is 2.39. The molecule has 71 heavy (non-hydrogen) atoms. The lowest BCUT2D eigenvalue weighted by Gasteiger charge is -2.27. The van der Waals surface area contributed by atoms with E-state index < -0.39 is 85.1 Å². The van der Waals surface area contributed by atoms with Crippen molar-refractivity contribution in [2.24, 2.45) is 0 Å². The number of halogens is 7. The van der Waals surface area contributed by atoms with Gasteiger partial charge in [0.25, 0.3) is 11.8 Å². The van der Waals surface area contributed by atoms with Crippen LogP contribution in [0.3, 0.4) is 0 Å². The number of hydroxylamine groups is 4. The highest BCUT2D eigenvalue weighted by Crippen LogP contribution is 2.30. The highest BCUT2D eigenvalue weighted by molar-refractivity contribution is 7.91. The maximum Gasteiger partial charge on any atom is 0.402 e. The van der Waals surface area contributed by atoms with Gasteiger partial charge in [-0.25, -0.2) is 45.3 Å². The fraction of sp³-hybridized carbons (Fsp3) is 0.476. The van der Waals surface area contributed by atoms with Crippen LogP contribution in [0.2, 0.25) is 10.0 Å². The van der Waals surface area contributed by atoms with Gasteiger partial charge in [0.15, 0.2) is 9.84 Å². The summed E-state index contributed by atoms with van der Waals surface area (Å²) in [7, 11) is -4.83. The average Bonchev–Trinajstić information content (AvgIpc) is 3.77. The van der Waals surface area contributed by atoms with Crippen molar-refractivity contribution < 1.29 is 67.6 Å². The number of anilines is 2. The van der Waals surface area contributed by atoms with E-state index >= 15 is 0 Å². The molecule has 0 saturated carbocycles. The van der Waals surface area contributed by atoms with Crippen molar-refractivity contribution in [3.05, 3.63) is 92.0 Å². The lowest BCUT2D eigenvalue weighted by atomic mass is 10.1. The minimum atomic E-state index is -4.86. The van der Waals surface area contributed by atoms with Crippen LogP contribution in [-0.4, -0.2) is 149 Å². The Balaban J connectivity index is 0.000000209. The van der Waals surface area contributed by atoms with Crippen LogP contribution >= 0.6 is 23.2 Å². The van der Waals surface area contributed by atoms with E-state index in [4.69, 9.17) is 32.9 Å². The van der Waals surface area contributed by atoms with Crippen molar-refractivity contribution in [3.63, 3.8) is 0 Å². The van der Waals surface area contributed by atoms with Crippen molar-refractivity contribution in [1.82, 2.24) is 39.5 Å². The molecule has 0 radical (unpaired) electrons. The molecule has 20 nitrogen and oxygen atoms in total. The first kappa shape index (κ1) is 53.2. The third-order valence-corrected chi connectivity index (χ3v) is 15.7. The summed E-state index contributed by atoms with van der Waals surface area (Å²) in [6.07, 6.45) is -5.62. The molecule has 4 aromatic rings. The predicted molar refractivity (Wildman–Crippen MR) is 246 cm³/mol. The molecule has 0 saturated heterocycles. The number of carbonyl (C=O) groups excluding carboxylic acids is 4. The Morgan fingerprint density at radius 1 is 0.718 bits per heavy atom. The molecular formula is C42H47Cl2F5N10O10S2. The van der Waals surface area contributed by atoms with Crippen LogP contribution in [0, 0.1) is 11.6 Å². The summed E-state index contributed by atoms with van der Waals surface area (Å²) in [5.41, 5.74) is 3.48. The predicted octanol–water partition coefficient (Wildman–Crippen LogP) is 5.50. The first-order valence-corrected chi connectivity index (χ1v) is 26.3. The Morgan fingerprint density at radius 3 is 1.51 bits per heavy atom. The number of amides is 6. The van der Waals surface area contributed by atoms with E-state index in [-0.39, 0.29) is 78.5 Å². The number of nitrogens with one attached hydrogen (secondary N) is 2. The molecule has 8 rings (SSSR count). The quantitative estimate of drug-likeness (QED) is 0.188. The van der Waals surface area contributed by atoms with Crippen molar-refractivity contribution in [1.29, 1.82) is 0 Å². The van der Waals surface area contributed by atoms with Gasteiger partial charge < -0.3 is 20.4 Å². The number of carbonyl (C=O) groups is 4. The first-order chi connectivity index (χ1) is 33.3. The Labute approximate surface area is 413 Å². The summed E-state index contributed by atoms with van der Waals surface area (Å²) in [6, 6.07) is 6.71. The fourth-order valence-electron chi connectivity index (χ4n) is 8.16. The van der Waals surface area contributed by atoms with Crippen LogP contribution in [-0.2, 0) is 68.4 Å². The largest absolute Gasteiger partial charge is 0.402 e. The summed E-state index contributed by atoms with van der Waals surface area (Å²) in [5, 5.41) is 16.0. The molecule has 2 aromatic heterocycles. The summed E-state index contributed by atoms with van der Waals surface area (Å²) in [4.78, 5) is 65.9. The maximum absolute atomic E-state index is 13.4. The summed E-state index contributed by atoms with van der Waals surface area (Å²) >= 11 is 11.5. The van der Waals surface area contributed by atoms with Crippen molar-refractivity contribution in [2.75, 3.05) is 60.8 Å². The number of fused-ring (bicyclic) bond motifs is 6. The number of aromatic nitrogens is 4. The zero-order valence-electron chi connectivity index (χ0n) is 38.1. The lowest BCUT2D eigenvalue weighted by Crippen LogP contribution is -2.39. The Bertz CT molecular complexity index is 2960. The molecule has 4 aliphatic heterocycles. The molecule has 6 heterocycles. The van der Waals surface area contributed by atoms with Gasteiger partial charge in [0.05, 0.1) is 59.1 Å². The van der Waals surface area contributed by atoms with E-state index in [0.29, 0.717) is 53.3 Å². The molecule has 6 amide bonds. The monoisotopic (exact) mass is 1080 g/mol. The molecule has 29 heteroatoms. The van der Waals surface area contributed by atoms with E-state index in [1.807, 2.05) is 0 Å². The summed E-state index contributed by atoms with van der Waals surface area (Å²) < 4.78 is 115. The SMILES string of the molecule is CCS(=O)(=O)CCC1Cn2nc3c(c2C(=O)N(C)O1)CN(C(=O)Nc1ccc(F)c(Cl)c1)CC3.CN1OC(CCS(=O)(=O)CC(F)(F)F)Cn2nc3c(c2C1=O)CN(C(=O)Nc1ccc(F)c(Cl)c1)CC3. The normalized spacial score (nSPS) is 18.3. The Morgan fingerprint density at radius 2 is 1.13 bits per heavy atom. The molecule has 0 fully saturated rings. The van der Waals surface area contributed by atoms with Gasteiger partial charge in [-0.1, -0.05) is 30.1 Å². The van der Waals surface area contributed by atoms with Gasteiger partial charge in [0, 0.05) is 68.3 Å². The van der Waals surface area contributed by atoms with Crippen LogP contribution in [0.1, 0.15) is 63.3 Å². The van der Waals surface area contributed by atoms with Gasteiger partial charge >= 0.3 is 18.2 Å². The minimum absolute atomic E-state index is 0.0234. The second-order valence-corrected chi connectivity index (χ2v) is 22.4. The van der Waals surface area contributed by atoms with E-state index in [9.17, 15) is 58.0 Å². The maximum atomic E-state index is 13.4. The van der Waals surface area contributed by atoms with Gasteiger partial charge in [-0.15, -0.1) is 0 Å². The number of sulfone groups is 2. The molecule has 2 atom stereocenters. The third kappa shape index (κ3) is 12.9. The smallest absolute Gasteiger partial charge is 0.320 e. The van der Waals surface area contributed by atoms with Gasteiger partial charge in [-0.2, -0.15) is 23.4 Å². The molecule has 0 bridgehead atoms. The molecule has 4 aliphatic rings. The standard InChI is InChI=1S/C21H22ClF4N5O5S.C21H25ClFN5O5S/c1-29-19(32)18-14-10-30(20(33)27-12-2-3-16(23)15(22)8-12)6-4-17(14)28-31(18)9-13(36-29)5-7-37(34,35)11-21(24,25)26;1-3-34(31,32)9-7-14-11-28-19(20(29)26(2)33-14)15-12-27(8-6-18(15)25-28)21(30)24-13-4-5-17(23)16(22)10-13/h2-3,8,13H,4-7,9-11H2,1H3,(H,27,33);4-5,10,14H,3,6-9,11-12H2,1-2H3,(H,24,30).